The van der Waals surface area contributed by atoms with Crippen molar-refractivity contribution in [2.24, 2.45) is 22.6 Å². The first-order valence-electron chi connectivity index (χ1n) is 11.0. The summed E-state index contributed by atoms with van der Waals surface area (Å²) in [5.41, 5.74) is 8.06. The summed E-state index contributed by atoms with van der Waals surface area (Å²) in [6.45, 7) is 9.72. The molecule has 156 valence electrons. The van der Waals surface area contributed by atoms with Gasteiger partial charge in [-0.25, -0.2) is 4.79 Å². The highest BCUT2D eigenvalue weighted by Gasteiger charge is 2.23. The fraction of sp³-hybridized carbons (Fsp3) is 0.652. The van der Waals surface area contributed by atoms with Crippen molar-refractivity contribution in [2.45, 2.75) is 65.7 Å². The summed E-state index contributed by atoms with van der Waals surface area (Å²) in [7, 11) is 0. The van der Waals surface area contributed by atoms with Gasteiger partial charge in [0.2, 0.25) is 0 Å². The Balaban J connectivity index is 1.86. The maximum absolute atomic E-state index is 12.2. The SMILES string of the molecule is CCCC(CCC)CCN1CCCC(/C(N)=N/C(=O)Nc2cccc(C)c2)C1. The smallest absolute Gasteiger partial charge is 0.347 e. The number of benzene rings is 1. The molecule has 0 radical (unpaired) electrons. The van der Waals surface area contributed by atoms with Gasteiger partial charge in [0.1, 0.15) is 5.84 Å². The van der Waals surface area contributed by atoms with Crippen LogP contribution in [0, 0.1) is 18.8 Å². The van der Waals surface area contributed by atoms with Crippen LogP contribution in [0.1, 0.15) is 64.4 Å². The van der Waals surface area contributed by atoms with E-state index in [4.69, 9.17) is 5.73 Å². The lowest BCUT2D eigenvalue weighted by Gasteiger charge is -2.33. The van der Waals surface area contributed by atoms with Crippen molar-refractivity contribution in [3.8, 4) is 0 Å². The van der Waals surface area contributed by atoms with Gasteiger partial charge in [0.15, 0.2) is 0 Å². The summed E-state index contributed by atoms with van der Waals surface area (Å²) in [4.78, 5) is 18.9. The van der Waals surface area contributed by atoms with Gasteiger partial charge in [-0.2, -0.15) is 4.99 Å². The van der Waals surface area contributed by atoms with Gasteiger partial charge in [0.25, 0.3) is 0 Å². The summed E-state index contributed by atoms with van der Waals surface area (Å²) in [5.74, 6) is 1.47. The summed E-state index contributed by atoms with van der Waals surface area (Å²) in [6, 6.07) is 7.32. The fourth-order valence-electron chi connectivity index (χ4n) is 4.20. The molecule has 0 spiro atoms. The van der Waals surface area contributed by atoms with Crippen LogP contribution in [-0.2, 0) is 0 Å². The zero-order valence-electron chi connectivity index (χ0n) is 17.9. The molecule has 3 N–H and O–H groups in total. The molecule has 1 aromatic carbocycles. The first kappa shape index (κ1) is 22.4. The van der Waals surface area contributed by atoms with E-state index in [1.165, 1.54) is 32.1 Å². The third-order valence-corrected chi connectivity index (χ3v) is 5.67. The lowest BCUT2D eigenvalue weighted by atomic mass is 9.93. The molecule has 2 rings (SSSR count). The van der Waals surface area contributed by atoms with Gasteiger partial charge in [-0.1, -0.05) is 51.7 Å². The monoisotopic (exact) mass is 386 g/mol. The second-order valence-corrected chi connectivity index (χ2v) is 8.21. The number of hydrogen-bond donors (Lipinski definition) is 2. The maximum atomic E-state index is 12.2. The number of nitrogens with two attached hydrogens (primary N) is 1. The second-order valence-electron chi connectivity index (χ2n) is 8.21. The lowest BCUT2D eigenvalue weighted by molar-refractivity contribution is 0.186. The highest BCUT2D eigenvalue weighted by atomic mass is 16.2. The third-order valence-electron chi connectivity index (χ3n) is 5.67. The minimum atomic E-state index is -0.383. The molecule has 1 saturated heterocycles. The molecule has 2 amide bonds. The molecule has 0 aromatic heterocycles. The van der Waals surface area contributed by atoms with Crippen LogP contribution in [0.3, 0.4) is 0 Å². The lowest BCUT2D eigenvalue weighted by Crippen LogP contribution is -2.42. The van der Waals surface area contributed by atoms with Gasteiger partial charge in [-0.15, -0.1) is 0 Å². The summed E-state index contributed by atoms with van der Waals surface area (Å²) < 4.78 is 0. The highest BCUT2D eigenvalue weighted by molar-refractivity contribution is 6.00. The van der Waals surface area contributed by atoms with E-state index < -0.39 is 0 Å². The largest absolute Gasteiger partial charge is 0.387 e. The zero-order valence-corrected chi connectivity index (χ0v) is 17.9. The molecule has 0 aliphatic carbocycles. The van der Waals surface area contributed by atoms with Crippen LogP contribution in [0.25, 0.3) is 0 Å². The topological polar surface area (TPSA) is 70.7 Å². The van der Waals surface area contributed by atoms with Crippen LogP contribution in [0.5, 0.6) is 0 Å². The number of carbonyl (C=O) groups is 1. The van der Waals surface area contributed by atoms with Crippen molar-refractivity contribution in [1.29, 1.82) is 0 Å². The molecule has 5 heteroatoms. The molecule has 5 nitrogen and oxygen atoms in total. The quantitative estimate of drug-likeness (QED) is 0.452. The normalized spacial score (nSPS) is 18.4. The Bertz CT molecular complexity index is 637. The average molecular weight is 387 g/mol. The van der Waals surface area contributed by atoms with Gasteiger partial charge >= 0.3 is 6.03 Å². The van der Waals surface area contributed by atoms with Crippen LogP contribution in [-0.4, -0.2) is 36.4 Å². The fourth-order valence-corrected chi connectivity index (χ4v) is 4.20. The number of urea groups is 1. The van der Waals surface area contributed by atoms with E-state index in [2.05, 4.69) is 29.1 Å². The second kappa shape index (κ2) is 11.8. The molecular weight excluding hydrogens is 348 g/mol. The summed E-state index contributed by atoms with van der Waals surface area (Å²) in [6.07, 6.45) is 8.58. The van der Waals surface area contributed by atoms with E-state index in [-0.39, 0.29) is 11.9 Å². The van der Waals surface area contributed by atoms with E-state index >= 15 is 0 Å². The van der Waals surface area contributed by atoms with E-state index in [1.807, 2.05) is 31.2 Å². The van der Waals surface area contributed by atoms with Gasteiger partial charge in [-0.3, -0.25) is 0 Å². The van der Waals surface area contributed by atoms with Crippen molar-refractivity contribution < 1.29 is 4.79 Å². The van der Waals surface area contributed by atoms with Crippen molar-refractivity contribution in [2.75, 3.05) is 25.0 Å². The number of hydrogen-bond acceptors (Lipinski definition) is 2. The van der Waals surface area contributed by atoms with Crippen LogP contribution in [0.2, 0.25) is 0 Å². The molecule has 1 aromatic rings. The Morgan fingerprint density at radius 3 is 2.71 bits per heavy atom. The number of anilines is 1. The minimum Gasteiger partial charge on any atom is -0.387 e. The van der Waals surface area contributed by atoms with Gasteiger partial charge in [0.05, 0.1) is 0 Å². The molecule has 28 heavy (non-hydrogen) atoms. The minimum absolute atomic E-state index is 0.174. The number of likely N-dealkylation sites (tertiary alicyclic amines) is 1. The molecule has 1 aliphatic rings. The van der Waals surface area contributed by atoms with Crippen molar-refractivity contribution in [3.05, 3.63) is 29.8 Å². The number of aryl methyl sites for hydroxylation is 1. The molecular formula is C23H38N4O. The van der Waals surface area contributed by atoms with E-state index in [0.29, 0.717) is 5.84 Å². The molecule has 0 saturated carbocycles. The number of nitrogens with zero attached hydrogens (tertiary/aromatic N) is 2. The Morgan fingerprint density at radius 2 is 2.04 bits per heavy atom. The van der Waals surface area contributed by atoms with E-state index in [1.54, 1.807) is 0 Å². The standard InChI is InChI=1S/C23H38N4O/c1-4-8-19(9-5-2)13-15-27-14-7-11-20(17-27)22(24)26-23(28)25-21-12-6-10-18(3)16-21/h6,10,12,16,19-20H,4-5,7-9,11,13-15,17H2,1-3H3,(H3,24,25,26,28). The predicted molar refractivity (Wildman–Crippen MR) is 119 cm³/mol. The highest BCUT2D eigenvalue weighted by Crippen LogP contribution is 2.21. The maximum Gasteiger partial charge on any atom is 0.347 e. The van der Waals surface area contributed by atoms with Crippen LogP contribution in [0.15, 0.2) is 29.3 Å². The molecule has 1 aliphatic heterocycles. The van der Waals surface area contributed by atoms with E-state index in [0.717, 1.165) is 49.6 Å². The van der Waals surface area contributed by atoms with Crippen molar-refractivity contribution in [1.82, 2.24) is 4.90 Å². The van der Waals surface area contributed by atoms with Crippen molar-refractivity contribution >= 4 is 17.6 Å². The molecule has 0 bridgehead atoms. The first-order chi connectivity index (χ1) is 13.5. The number of rotatable bonds is 9. The first-order valence-corrected chi connectivity index (χ1v) is 11.0. The van der Waals surface area contributed by atoms with Crippen LogP contribution >= 0.6 is 0 Å². The summed E-state index contributed by atoms with van der Waals surface area (Å²) in [5, 5.41) is 2.81. The number of piperidine rings is 1. The van der Waals surface area contributed by atoms with Crippen LogP contribution in [0.4, 0.5) is 10.5 Å². The predicted octanol–water partition coefficient (Wildman–Crippen LogP) is 5.20. The summed E-state index contributed by atoms with van der Waals surface area (Å²) >= 11 is 0. The Morgan fingerprint density at radius 1 is 1.29 bits per heavy atom. The molecule has 1 fully saturated rings. The number of carbonyl (C=O) groups excluding carboxylic acids is 1. The number of amides is 2. The molecule has 1 unspecified atom stereocenters. The zero-order chi connectivity index (χ0) is 20.4. The molecule has 1 heterocycles. The average Bonchev–Trinajstić information content (AvgIpc) is 2.66. The van der Waals surface area contributed by atoms with Gasteiger partial charge in [-0.05, 0) is 62.9 Å². The van der Waals surface area contributed by atoms with Crippen molar-refractivity contribution in [3.63, 3.8) is 0 Å². The Kier molecular flexibility index (Phi) is 9.48. The van der Waals surface area contributed by atoms with Crippen LogP contribution < -0.4 is 11.1 Å². The Labute approximate surface area is 170 Å². The van der Waals surface area contributed by atoms with E-state index in [9.17, 15) is 4.79 Å². The number of nitrogens with one attached hydrogen (secondary N) is 1. The van der Waals surface area contributed by atoms with Gasteiger partial charge in [0, 0.05) is 18.2 Å². The number of amidine groups is 1. The Hall–Kier alpha value is -1.88. The number of aliphatic imine (C=N–C) groups is 1. The third kappa shape index (κ3) is 7.63. The molecule has 1 atom stereocenters. The van der Waals surface area contributed by atoms with Gasteiger partial charge < -0.3 is 16.0 Å².